The van der Waals surface area contributed by atoms with Crippen LogP contribution in [0.2, 0.25) is 5.02 Å². The van der Waals surface area contributed by atoms with Gasteiger partial charge in [-0.3, -0.25) is 0 Å². The van der Waals surface area contributed by atoms with Gasteiger partial charge in [-0.15, -0.1) is 11.8 Å². The summed E-state index contributed by atoms with van der Waals surface area (Å²) >= 11 is 7.73. The molecule has 0 atom stereocenters. The van der Waals surface area contributed by atoms with Crippen molar-refractivity contribution in [2.45, 2.75) is 31.3 Å². The van der Waals surface area contributed by atoms with E-state index in [1.807, 2.05) is 18.2 Å². The van der Waals surface area contributed by atoms with Crippen LogP contribution in [0.4, 0.5) is 0 Å². The first-order chi connectivity index (χ1) is 6.79. The minimum atomic E-state index is 0.0220. The standard InChI is InChI=1S/C11H15ClOS/c1-2-3-7-14-11-6-4-5-10(12)9(11)8-13/h4-6,13H,2-3,7-8H2,1H3. The van der Waals surface area contributed by atoms with E-state index in [0.29, 0.717) is 5.02 Å². The minimum absolute atomic E-state index is 0.0220. The molecule has 0 radical (unpaired) electrons. The van der Waals surface area contributed by atoms with E-state index in [0.717, 1.165) is 16.2 Å². The molecule has 14 heavy (non-hydrogen) atoms. The highest BCUT2D eigenvalue weighted by atomic mass is 35.5. The highest BCUT2D eigenvalue weighted by Crippen LogP contribution is 2.28. The highest BCUT2D eigenvalue weighted by Gasteiger charge is 2.05. The molecule has 0 aromatic heterocycles. The number of aliphatic hydroxyl groups excluding tert-OH is 1. The van der Waals surface area contributed by atoms with Crippen LogP contribution in [-0.2, 0) is 6.61 Å². The van der Waals surface area contributed by atoms with Gasteiger partial charge in [0.1, 0.15) is 0 Å². The molecule has 0 amide bonds. The molecular formula is C11H15ClOS. The van der Waals surface area contributed by atoms with E-state index in [1.165, 1.54) is 12.8 Å². The lowest BCUT2D eigenvalue weighted by atomic mass is 10.2. The van der Waals surface area contributed by atoms with E-state index in [2.05, 4.69) is 6.92 Å². The first-order valence-corrected chi connectivity index (χ1v) is 6.17. The van der Waals surface area contributed by atoms with Crippen LogP contribution in [0.25, 0.3) is 0 Å². The molecule has 1 nitrogen and oxygen atoms in total. The molecule has 0 saturated carbocycles. The Bertz CT molecular complexity index is 289. The zero-order valence-corrected chi connectivity index (χ0v) is 9.87. The lowest BCUT2D eigenvalue weighted by Crippen LogP contribution is -1.90. The summed E-state index contributed by atoms with van der Waals surface area (Å²) in [5, 5.41) is 9.82. The largest absolute Gasteiger partial charge is 0.392 e. The fraction of sp³-hybridized carbons (Fsp3) is 0.455. The van der Waals surface area contributed by atoms with Gasteiger partial charge in [-0.2, -0.15) is 0 Å². The average molecular weight is 231 g/mol. The van der Waals surface area contributed by atoms with Gasteiger partial charge in [-0.05, 0) is 24.3 Å². The molecule has 1 aromatic rings. The van der Waals surface area contributed by atoms with Crippen LogP contribution in [0.15, 0.2) is 23.1 Å². The molecule has 1 N–H and O–H groups in total. The van der Waals surface area contributed by atoms with Crippen molar-refractivity contribution in [3.63, 3.8) is 0 Å². The Kier molecular flexibility index (Phi) is 5.38. The zero-order chi connectivity index (χ0) is 10.4. The van der Waals surface area contributed by atoms with Crippen molar-refractivity contribution in [3.8, 4) is 0 Å². The van der Waals surface area contributed by atoms with Gasteiger partial charge in [-0.1, -0.05) is 31.0 Å². The van der Waals surface area contributed by atoms with Crippen molar-refractivity contribution in [2.75, 3.05) is 5.75 Å². The Balaban J connectivity index is 2.70. The number of thioether (sulfide) groups is 1. The summed E-state index contributed by atoms with van der Waals surface area (Å²) in [6.07, 6.45) is 2.39. The summed E-state index contributed by atoms with van der Waals surface area (Å²) < 4.78 is 0. The lowest BCUT2D eigenvalue weighted by Gasteiger charge is -2.07. The Morgan fingerprint density at radius 3 is 2.86 bits per heavy atom. The number of halogens is 1. The van der Waals surface area contributed by atoms with Crippen molar-refractivity contribution in [3.05, 3.63) is 28.8 Å². The van der Waals surface area contributed by atoms with Gasteiger partial charge in [0.2, 0.25) is 0 Å². The monoisotopic (exact) mass is 230 g/mol. The fourth-order valence-electron chi connectivity index (χ4n) is 1.15. The van der Waals surface area contributed by atoms with E-state index in [9.17, 15) is 0 Å². The van der Waals surface area contributed by atoms with E-state index in [1.54, 1.807) is 11.8 Å². The molecule has 0 saturated heterocycles. The van der Waals surface area contributed by atoms with Crippen LogP contribution in [0.3, 0.4) is 0 Å². The molecule has 78 valence electrons. The predicted octanol–water partition coefficient (Wildman–Crippen LogP) is 3.72. The van der Waals surface area contributed by atoms with Gasteiger partial charge in [0.25, 0.3) is 0 Å². The summed E-state index contributed by atoms with van der Waals surface area (Å²) in [5.74, 6) is 1.09. The van der Waals surface area contributed by atoms with Crippen LogP contribution in [0, 0.1) is 0 Å². The quantitative estimate of drug-likeness (QED) is 0.615. The third kappa shape index (κ3) is 3.19. The van der Waals surface area contributed by atoms with Crippen molar-refractivity contribution >= 4 is 23.4 Å². The van der Waals surface area contributed by atoms with Gasteiger partial charge < -0.3 is 5.11 Å². The summed E-state index contributed by atoms with van der Waals surface area (Å²) in [4.78, 5) is 1.11. The molecule has 1 aromatic carbocycles. The molecule has 0 unspecified atom stereocenters. The lowest BCUT2D eigenvalue weighted by molar-refractivity contribution is 0.279. The van der Waals surface area contributed by atoms with Gasteiger partial charge in [0.15, 0.2) is 0 Å². The fourth-order valence-corrected chi connectivity index (χ4v) is 2.62. The summed E-state index contributed by atoms with van der Waals surface area (Å²) in [6, 6.07) is 5.75. The van der Waals surface area contributed by atoms with E-state index < -0.39 is 0 Å². The van der Waals surface area contributed by atoms with Crippen molar-refractivity contribution in [2.24, 2.45) is 0 Å². The zero-order valence-electron chi connectivity index (χ0n) is 8.29. The SMILES string of the molecule is CCCCSc1cccc(Cl)c1CO. The molecule has 0 aliphatic rings. The molecule has 0 aliphatic heterocycles. The Labute approximate surface area is 94.5 Å². The van der Waals surface area contributed by atoms with Gasteiger partial charge in [0, 0.05) is 15.5 Å². The number of aliphatic hydroxyl groups is 1. The van der Waals surface area contributed by atoms with Gasteiger partial charge in [-0.25, -0.2) is 0 Å². The second-order valence-electron chi connectivity index (χ2n) is 3.08. The van der Waals surface area contributed by atoms with Crippen molar-refractivity contribution < 1.29 is 5.11 Å². The first kappa shape index (κ1) is 11.9. The molecule has 0 bridgehead atoms. The van der Waals surface area contributed by atoms with Crippen LogP contribution in [-0.4, -0.2) is 10.9 Å². The number of benzene rings is 1. The first-order valence-electron chi connectivity index (χ1n) is 4.80. The molecular weight excluding hydrogens is 216 g/mol. The highest BCUT2D eigenvalue weighted by molar-refractivity contribution is 7.99. The molecule has 0 fully saturated rings. The Morgan fingerprint density at radius 1 is 1.43 bits per heavy atom. The van der Waals surface area contributed by atoms with Crippen LogP contribution >= 0.6 is 23.4 Å². The maximum Gasteiger partial charge on any atom is 0.0707 e. The minimum Gasteiger partial charge on any atom is -0.392 e. The summed E-state index contributed by atoms with van der Waals surface area (Å²) in [7, 11) is 0. The van der Waals surface area contributed by atoms with E-state index in [-0.39, 0.29) is 6.61 Å². The summed E-state index contributed by atoms with van der Waals surface area (Å²) in [6.45, 7) is 2.19. The van der Waals surface area contributed by atoms with E-state index >= 15 is 0 Å². The third-order valence-corrected chi connectivity index (χ3v) is 3.53. The smallest absolute Gasteiger partial charge is 0.0707 e. The average Bonchev–Trinajstić information content (AvgIpc) is 2.18. The predicted molar refractivity (Wildman–Crippen MR) is 63.0 cm³/mol. The molecule has 0 spiro atoms. The normalized spacial score (nSPS) is 10.5. The van der Waals surface area contributed by atoms with Crippen LogP contribution in [0.1, 0.15) is 25.3 Å². The van der Waals surface area contributed by atoms with E-state index in [4.69, 9.17) is 16.7 Å². The second-order valence-corrected chi connectivity index (χ2v) is 4.62. The maximum absolute atomic E-state index is 9.16. The van der Waals surface area contributed by atoms with Crippen LogP contribution < -0.4 is 0 Å². The maximum atomic E-state index is 9.16. The van der Waals surface area contributed by atoms with Crippen molar-refractivity contribution in [1.29, 1.82) is 0 Å². The Morgan fingerprint density at radius 2 is 2.21 bits per heavy atom. The number of rotatable bonds is 5. The number of hydrogen-bond acceptors (Lipinski definition) is 2. The van der Waals surface area contributed by atoms with Crippen LogP contribution in [0.5, 0.6) is 0 Å². The Hall–Kier alpha value is -0.180. The van der Waals surface area contributed by atoms with Gasteiger partial charge in [0.05, 0.1) is 6.61 Å². The molecule has 0 heterocycles. The third-order valence-electron chi connectivity index (χ3n) is 1.99. The topological polar surface area (TPSA) is 20.2 Å². The number of unbranched alkanes of at least 4 members (excludes halogenated alkanes) is 1. The second kappa shape index (κ2) is 6.33. The molecule has 0 aliphatic carbocycles. The summed E-state index contributed by atoms with van der Waals surface area (Å²) in [5.41, 5.74) is 0.857. The van der Waals surface area contributed by atoms with Gasteiger partial charge >= 0.3 is 0 Å². The van der Waals surface area contributed by atoms with Crippen molar-refractivity contribution in [1.82, 2.24) is 0 Å². The molecule has 1 rings (SSSR count). The molecule has 3 heteroatoms. The number of hydrogen-bond donors (Lipinski definition) is 1.